The Kier molecular flexibility index (Phi) is 4.87. The van der Waals surface area contributed by atoms with Gasteiger partial charge in [-0.05, 0) is 32.0 Å². The Morgan fingerprint density at radius 1 is 1.32 bits per heavy atom. The van der Waals surface area contributed by atoms with Gasteiger partial charge in [-0.1, -0.05) is 22.0 Å². The summed E-state index contributed by atoms with van der Waals surface area (Å²) < 4.78 is 1.14. The maximum Gasteiger partial charge on any atom is 0.0375 e. The largest absolute Gasteiger partial charge is 0.373 e. The van der Waals surface area contributed by atoms with Gasteiger partial charge in [-0.3, -0.25) is 4.90 Å². The van der Waals surface area contributed by atoms with Gasteiger partial charge in [-0.2, -0.15) is 0 Å². The van der Waals surface area contributed by atoms with Crippen LogP contribution in [0.1, 0.15) is 13.8 Å². The van der Waals surface area contributed by atoms with Crippen LogP contribution in [0.5, 0.6) is 0 Å². The van der Waals surface area contributed by atoms with Crippen LogP contribution in [-0.4, -0.2) is 50.2 Å². The van der Waals surface area contributed by atoms with Crippen LogP contribution in [0, 0.1) is 0 Å². The minimum Gasteiger partial charge on any atom is -0.373 e. The predicted octanol–water partition coefficient (Wildman–Crippen LogP) is 2.57. The second-order valence-electron chi connectivity index (χ2n) is 5.89. The average molecular weight is 326 g/mol. The summed E-state index contributed by atoms with van der Waals surface area (Å²) in [5.74, 6) is 0. The summed E-state index contributed by atoms with van der Waals surface area (Å²) in [4.78, 5) is 4.92. The minimum atomic E-state index is 0.194. The summed E-state index contributed by atoms with van der Waals surface area (Å²) in [6.45, 7) is 10.2. The normalized spacial score (nSPS) is 17.5. The van der Waals surface area contributed by atoms with Gasteiger partial charge < -0.3 is 10.2 Å². The van der Waals surface area contributed by atoms with Crippen molar-refractivity contribution >= 4 is 21.6 Å². The minimum absolute atomic E-state index is 0.194. The lowest BCUT2D eigenvalue weighted by molar-refractivity contribution is 0.109. The van der Waals surface area contributed by atoms with E-state index in [9.17, 15) is 0 Å². The molecule has 0 spiro atoms. The molecule has 1 aliphatic rings. The zero-order valence-corrected chi connectivity index (χ0v) is 13.7. The second kappa shape index (κ2) is 6.25. The first-order chi connectivity index (χ1) is 8.99. The molecule has 2 rings (SSSR count). The molecule has 1 aromatic rings. The molecule has 0 amide bonds. The van der Waals surface area contributed by atoms with Gasteiger partial charge in [-0.25, -0.2) is 0 Å². The van der Waals surface area contributed by atoms with Gasteiger partial charge in [0.15, 0.2) is 0 Å². The lowest BCUT2D eigenvalue weighted by Gasteiger charge is -2.43. The molecule has 0 radical (unpaired) electrons. The molecule has 19 heavy (non-hydrogen) atoms. The number of hydrogen-bond donors (Lipinski definition) is 1. The van der Waals surface area contributed by atoms with Crippen LogP contribution in [-0.2, 0) is 0 Å². The smallest absolute Gasteiger partial charge is 0.0375 e. The molecule has 3 nitrogen and oxygen atoms in total. The summed E-state index contributed by atoms with van der Waals surface area (Å²) in [5.41, 5.74) is 1.46. The van der Waals surface area contributed by atoms with Crippen LogP contribution in [0.25, 0.3) is 0 Å². The van der Waals surface area contributed by atoms with Crippen LogP contribution in [0.15, 0.2) is 28.7 Å². The van der Waals surface area contributed by atoms with E-state index in [0.717, 1.165) is 37.2 Å². The van der Waals surface area contributed by atoms with Crippen LogP contribution >= 0.6 is 15.9 Å². The molecule has 1 saturated heterocycles. The average Bonchev–Trinajstić information content (AvgIpc) is 2.39. The third kappa shape index (κ3) is 3.94. The van der Waals surface area contributed by atoms with E-state index in [0.29, 0.717) is 0 Å². The van der Waals surface area contributed by atoms with E-state index >= 15 is 0 Å². The van der Waals surface area contributed by atoms with E-state index < -0.39 is 0 Å². The molecule has 0 aromatic heterocycles. The number of piperazine rings is 1. The fourth-order valence-electron chi connectivity index (χ4n) is 2.76. The number of rotatable bonds is 4. The quantitative estimate of drug-likeness (QED) is 0.917. The zero-order chi connectivity index (χ0) is 13.9. The first-order valence-electron chi connectivity index (χ1n) is 6.91. The number of anilines is 1. The molecule has 106 valence electrons. The lowest BCUT2D eigenvalue weighted by atomic mass is 10.0. The monoisotopic (exact) mass is 325 g/mol. The standard InChI is InChI=1S/C15H24BrN3/c1-15(2,19-9-7-17-8-10-19)12-18(3)14-6-4-5-13(16)11-14/h4-6,11,17H,7-10,12H2,1-3H3. The highest BCUT2D eigenvalue weighted by atomic mass is 79.9. The van der Waals surface area contributed by atoms with Gasteiger partial charge >= 0.3 is 0 Å². The maximum absolute atomic E-state index is 3.54. The van der Waals surface area contributed by atoms with E-state index in [1.165, 1.54) is 5.69 Å². The highest BCUT2D eigenvalue weighted by Crippen LogP contribution is 2.23. The van der Waals surface area contributed by atoms with Gasteiger partial charge in [-0.15, -0.1) is 0 Å². The van der Waals surface area contributed by atoms with Crippen molar-refractivity contribution in [3.05, 3.63) is 28.7 Å². The van der Waals surface area contributed by atoms with Crippen LogP contribution in [0.3, 0.4) is 0 Å². The van der Waals surface area contributed by atoms with Crippen molar-refractivity contribution in [2.45, 2.75) is 19.4 Å². The van der Waals surface area contributed by atoms with Crippen molar-refractivity contribution < 1.29 is 0 Å². The maximum atomic E-state index is 3.54. The van der Waals surface area contributed by atoms with Gasteiger partial charge in [0.2, 0.25) is 0 Å². The van der Waals surface area contributed by atoms with Crippen molar-refractivity contribution in [2.75, 3.05) is 44.7 Å². The zero-order valence-electron chi connectivity index (χ0n) is 12.1. The fraction of sp³-hybridized carbons (Fsp3) is 0.600. The Bertz CT molecular complexity index is 414. The van der Waals surface area contributed by atoms with Crippen LogP contribution < -0.4 is 10.2 Å². The van der Waals surface area contributed by atoms with Crippen LogP contribution in [0.4, 0.5) is 5.69 Å². The van der Waals surface area contributed by atoms with Crippen molar-refractivity contribution in [1.29, 1.82) is 0 Å². The molecule has 1 aromatic carbocycles. The molecule has 4 heteroatoms. The molecular weight excluding hydrogens is 302 g/mol. The van der Waals surface area contributed by atoms with Crippen molar-refractivity contribution in [3.63, 3.8) is 0 Å². The Morgan fingerprint density at radius 3 is 2.63 bits per heavy atom. The first-order valence-corrected chi connectivity index (χ1v) is 7.71. The van der Waals surface area contributed by atoms with Crippen molar-refractivity contribution in [2.24, 2.45) is 0 Å². The lowest BCUT2D eigenvalue weighted by Crippen LogP contribution is -2.57. The predicted molar refractivity (Wildman–Crippen MR) is 85.9 cm³/mol. The number of benzene rings is 1. The fourth-order valence-corrected chi connectivity index (χ4v) is 3.14. The molecule has 0 atom stereocenters. The second-order valence-corrected chi connectivity index (χ2v) is 6.80. The molecule has 1 fully saturated rings. The van der Waals surface area contributed by atoms with Crippen LogP contribution in [0.2, 0.25) is 0 Å². The van der Waals surface area contributed by atoms with Gasteiger partial charge in [0, 0.05) is 55.5 Å². The van der Waals surface area contributed by atoms with E-state index in [1.807, 2.05) is 0 Å². The molecule has 0 bridgehead atoms. The molecule has 1 heterocycles. The summed E-state index contributed by atoms with van der Waals surface area (Å²) in [6, 6.07) is 8.50. The van der Waals surface area contributed by atoms with E-state index in [-0.39, 0.29) is 5.54 Å². The Balaban J connectivity index is 2.02. The molecule has 0 saturated carbocycles. The van der Waals surface area contributed by atoms with Gasteiger partial charge in [0.25, 0.3) is 0 Å². The number of likely N-dealkylation sites (N-methyl/N-ethyl adjacent to an activating group) is 1. The molecule has 1 aliphatic heterocycles. The summed E-state index contributed by atoms with van der Waals surface area (Å²) in [7, 11) is 2.17. The summed E-state index contributed by atoms with van der Waals surface area (Å²) >= 11 is 3.54. The molecule has 0 aliphatic carbocycles. The summed E-state index contributed by atoms with van der Waals surface area (Å²) in [5, 5.41) is 3.42. The van der Waals surface area contributed by atoms with Gasteiger partial charge in [0.05, 0.1) is 0 Å². The molecular formula is C15H24BrN3. The third-order valence-electron chi connectivity index (χ3n) is 3.85. The molecule has 0 unspecified atom stereocenters. The highest BCUT2D eigenvalue weighted by Gasteiger charge is 2.29. The molecule has 1 N–H and O–H groups in total. The number of hydrogen-bond acceptors (Lipinski definition) is 3. The van der Waals surface area contributed by atoms with E-state index in [2.05, 4.69) is 76.2 Å². The topological polar surface area (TPSA) is 18.5 Å². The van der Waals surface area contributed by atoms with Gasteiger partial charge in [0.1, 0.15) is 0 Å². The number of halogens is 1. The Morgan fingerprint density at radius 2 is 2.00 bits per heavy atom. The SMILES string of the molecule is CN(CC(C)(C)N1CCNCC1)c1cccc(Br)c1. The Labute approximate surface area is 125 Å². The number of nitrogens with one attached hydrogen (secondary N) is 1. The third-order valence-corrected chi connectivity index (χ3v) is 4.34. The van der Waals surface area contributed by atoms with E-state index in [4.69, 9.17) is 0 Å². The van der Waals surface area contributed by atoms with Crippen molar-refractivity contribution in [3.8, 4) is 0 Å². The summed E-state index contributed by atoms with van der Waals surface area (Å²) in [6.07, 6.45) is 0. The Hall–Kier alpha value is -0.580. The first kappa shape index (κ1) is 14.8. The number of nitrogens with zero attached hydrogens (tertiary/aromatic N) is 2. The van der Waals surface area contributed by atoms with Crippen molar-refractivity contribution in [1.82, 2.24) is 10.2 Å². The van der Waals surface area contributed by atoms with E-state index in [1.54, 1.807) is 0 Å². The highest BCUT2D eigenvalue weighted by molar-refractivity contribution is 9.10.